The molecule has 3 amide bonds. The van der Waals surface area contributed by atoms with Gasteiger partial charge in [0.15, 0.2) is 23.1 Å². The fourth-order valence-corrected chi connectivity index (χ4v) is 6.71. The number of aromatic hydroxyl groups is 1. The molecule has 5 rings (SSSR count). The van der Waals surface area contributed by atoms with Gasteiger partial charge in [0.2, 0.25) is 11.8 Å². The summed E-state index contributed by atoms with van der Waals surface area (Å²) in [6.45, 7) is 0. The maximum atomic E-state index is 13.4. The van der Waals surface area contributed by atoms with Crippen LogP contribution in [0.3, 0.4) is 0 Å². The molecule has 11 heteroatoms. The first kappa shape index (κ1) is 24.6. The number of imide groups is 3. The Morgan fingerprint density at radius 3 is 2.47 bits per heavy atom. The summed E-state index contributed by atoms with van der Waals surface area (Å²) >= 11 is 6.57. The lowest BCUT2D eigenvalue weighted by Crippen LogP contribution is -2.40. The van der Waals surface area contributed by atoms with Crippen LogP contribution in [0.4, 0.5) is 4.79 Å². The summed E-state index contributed by atoms with van der Waals surface area (Å²) in [4.78, 5) is 65.5. The molecule has 4 atom stereocenters. The number of Topliss-reactive ketones (excluding diaryl/α,β-unsaturated/α-hetero) is 1. The first-order valence-corrected chi connectivity index (χ1v) is 12.6. The number of phenols is 1. The molecule has 0 spiro atoms. The van der Waals surface area contributed by atoms with Gasteiger partial charge in [-0.3, -0.25) is 19.2 Å². The van der Waals surface area contributed by atoms with E-state index in [1.165, 1.54) is 13.2 Å². The van der Waals surface area contributed by atoms with Gasteiger partial charge in [-0.25, -0.2) is 4.79 Å². The monoisotopic (exact) mass is 619 g/mol. The van der Waals surface area contributed by atoms with Crippen molar-refractivity contribution in [3.8, 4) is 11.5 Å². The van der Waals surface area contributed by atoms with Gasteiger partial charge in [-0.1, -0.05) is 27.6 Å². The van der Waals surface area contributed by atoms with E-state index < -0.39 is 53.1 Å². The Hall–Kier alpha value is -3.05. The molecule has 3 aliphatic carbocycles. The second-order valence-electron chi connectivity index (χ2n) is 8.92. The maximum Gasteiger partial charge on any atom is 0.423 e. The summed E-state index contributed by atoms with van der Waals surface area (Å²) in [6.07, 6.45) is 2.12. The quantitative estimate of drug-likeness (QED) is 0.301. The van der Waals surface area contributed by atoms with Crippen molar-refractivity contribution in [2.45, 2.75) is 18.8 Å². The van der Waals surface area contributed by atoms with Gasteiger partial charge in [0.1, 0.15) is 0 Å². The van der Waals surface area contributed by atoms with Crippen molar-refractivity contribution in [2.75, 3.05) is 14.2 Å². The summed E-state index contributed by atoms with van der Waals surface area (Å²) in [5.41, 5.74) is 1.36. The fraction of sp³-hybridized carbons (Fsp3) is 0.320. The smallest absolute Gasteiger partial charge is 0.423 e. The number of methoxy groups -OCH3 is 2. The Kier molecular flexibility index (Phi) is 6.03. The predicted octanol–water partition coefficient (Wildman–Crippen LogP) is 3.69. The lowest BCUT2D eigenvalue weighted by molar-refractivity contribution is -0.137. The Morgan fingerprint density at radius 2 is 1.81 bits per heavy atom. The Labute approximate surface area is 222 Å². The molecule has 4 aliphatic rings. The van der Waals surface area contributed by atoms with Crippen LogP contribution in [0.5, 0.6) is 11.5 Å². The molecule has 1 aromatic carbocycles. The molecule has 1 heterocycles. The van der Waals surface area contributed by atoms with Crippen molar-refractivity contribution in [3.05, 3.63) is 55.5 Å². The average Bonchev–Trinajstić information content (AvgIpc) is 3.11. The van der Waals surface area contributed by atoms with Gasteiger partial charge < -0.3 is 14.6 Å². The van der Waals surface area contributed by atoms with Crippen LogP contribution >= 0.6 is 31.9 Å². The lowest BCUT2D eigenvalue weighted by Gasteiger charge is -2.42. The number of benzene rings is 1. The van der Waals surface area contributed by atoms with Gasteiger partial charge in [-0.2, -0.15) is 4.90 Å². The molecule has 1 N–H and O–H groups in total. The van der Waals surface area contributed by atoms with Crippen molar-refractivity contribution < 1.29 is 38.6 Å². The van der Waals surface area contributed by atoms with Crippen molar-refractivity contribution >= 4 is 61.3 Å². The minimum atomic E-state index is -1.06. The third-order valence-electron chi connectivity index (χ3n) is 7.29. The number of carbonyl (C=O) groups excluding carboxylic acids is 5. The highest BCUT2D eigenvalue weighted by Crippen LogP contribution is 2.57. The molecule has 4 unspecified atom stereocenters. The highest BCUT2D eigenvalue weighted by molar-refractivity contribution is 9.12. The molecule has 186 valence electrons. The van der Waals surface area contributed by atoms with Crippen LogP contribution in [0, 0.1) is 17.8 Å². The van der Waals surface area contributed by atoms with Crippen LogP contribution in [-0.4, -0.2) is 53.7 Å². The van der Waals surface area contributed by atoms with E-state index in [0.717, 1.165) is 7.11 Å². The Morgan fingerprint density at radius 1 is 1.08 bits per heavy atom. The van der Waals surface area contributed by atoms with Gasteiger partial charge in [-0.15, -0.1) is 0 Å². The van der Waals surface area contributed by atoms with Gasteiger partial charge in [0, 0.05) is 33.2 Å². The molecule has 9 nitrogen and oxygen atoms in total. The van der Waals surface area contributed by atoms with E-state index in [0.29, 0.717) is 20.5 Å². The van der Waals surface area contributed by atoms with E-state index in [2.05, 4.69) is 36.6 Å². The van der Waals surface area contributed by atoms with Gasteiger partial charge in [0.05, 0.1) is 30.5 Å². The molecule has 1 fully saturated rings. The van der Waals surface area contributed by atoms with Crippen LogP contribution in [0.1, 0.15) is 24.3 Å². The summed E-state index contributed by atoms with van der Waals surface area (Å²) in [5.74, 6) is -5.44. The lowest BCUT2D eigenvalue weighted by atomic mass is 9.59. The zero-order valence-electron chi connectivity index (χ0n) is 19.0. The van der Waals surface area contributed by atoms with Crippen molar-refractivity contribution in [1.29, 1.82) is 0 Å². The molecular weight excluding hydrogens is 602 g/mol. The number of hydrogen-bond donors (Lipinski definition) is 1. The maximum absolute atomic E-state index is 13.4. The zero-order valence-corrected chi connectivity index (χ0v) is 22.2. The zero-order chi connectivity index (χ0) is 26.0. The number of halogens is 2. The number of fused-ring (bicyclic) bond motifs is 3. The predicted molar refractivity (Wildman–Crippen MR) is 131 cm³/mol. The summed E-state index contributed by atoms with van der Waals surface area (Å²) in [7, 11) is 2.48. The number of rotatable bonds is 2. The standard InChI is InChI=1S/C25H19Br2NO8/c1-35-17-6-9(26)5-13(22(17)31)18-10-3-4-11-19(24(33)28(23(11)32)25(34)36-2)12(10)7-14-20(18)16(29)8-15(27)21(14)30/h3,5-6,8,11-12,18-19,31H,4,7H2,1-2H3. The molecule has 0 bridgehead atoms. The van der Waals surface area contributed by atoms with E-state index in [-0.39, 0.29) is 40.0 Å². The van der Waals surface area contributed by atoms with E-state index in [1.807, 2.05) is 0 Å². The third kappa shape index (κ3) is 3.43. The molecule has 0 radical (unpaired) electrons. The number of hydrogen-bond acceptors (Lipinski definition) is 8. The minimum absolute atomic E-state index is 0.0340. The highest BCUT2D eigenvalue weighted by atomic mass is 79.9. The second kappa shape index (κ2) is 8.81. The molecule has 1 aromatic rings. The van der Waals surface area contributed by atoms with Crippen molar-refractivity contribution in [2.24, 2.45) is 17.8 Å². The third-order valence-corrected chi connectivity index (χ3v) is 8.34. The molecule has 36 heavy (non-hydrogen) atoms. The number of ketones is 2. The van der Waals surface area contributed by atoms with Gasteiger partial charge >= 0.3 is 6.09 Å². The van der Waals surface area contributed by atoms with Gasteiger partial charge in [-0.05, 0) is 46.8 Å². The first-order valence-electron chi connectivity index (χ1n) is 11.0. The van der Waals surface area contributed by atoms with Crippen molar-refractivity contribution in [1.82, 2.24) is 4.90 Å². The Bertz CT molecular complexity index is 1370. The summed E-state index contributed by atoms with van der Waals surface area (Å²) in [5, 5.41) is 11.1. The van der Waals surface area contributed by atoms with Crippen LogP contribution in [0.15, 0.2) is 50.0 Å². The topological polar surface area (TPSA) is 127 Å². The average molecular weight is 621 g/mol. The van der Waals surface area contributed by atoms with Crippen LogP contribution in [0.25, 0.3) is 0 Å². The first-order chi connectivity index (χ1) is 17.1. The van der Waals surface area contributed by atoms with Crippen LogP contribution < -0.4 is 4.74 Å². The number of phenolic OH excluding ortho intramolecular Hbond substituents is 1. The van der Waals surface area contributed by atoms with E-state index in [9.17, 15) is 29.1 Å². The molecular formula is C25H19Br2NO8. The largest absolute Gasteiger partial charge is 0.504 e. The molecule has 1 aliphatic heterocycles. The highest BCUT2D eigenvalue weighted by Gasteiger charge is 2.58. The van der Waals surface area contributed by atoms with Crippen LogP contribution in [0.2, 0.25) is 0 Å². The van der Waals surface area contributed by atoms with Crippen molar-refractivity contribution in [3.63, 3.8) is 0 Å². The summed E-state index contributed by atoms with van der Waals surface area (Å²) in [6, 6.07) is 3.20. The normalized spacial score (nSPS) is 27.3. The number of ether oxygens (including phenoxy) is 2. The minimum Gasteiger partial charge on any atom is -0.504 e. The summed E-state index contributed by atoms with van der Waals surface area (Å²) < 4.78 is 10.6. The number of amides is 3. The second-order valence-corrected chi connectivity index (χ2v) is 10.7. The van der Waals surface area contributed by atoms with E-state index in [4.69, 9.17) is 4.74 Å². The number of likely N-dealkylation sites (tertiary alicyclic amines) is 1. The Balaban J connectivity index is 1.73. The van der Waals surface area contributed by atoms with Crippen LogP contribution in [-0.2, 0) is 23.9 Å². The van der Waals surface area contributed by atoms with Gasteiger partial charge in [0.25, 0.3) is 0 Å². The number of nitrogens with zero attached hydrogens (tertiary/aromatic N) is 1. The van der Waals surface area contributed by atoms with E-state index in [1.54, 1.807) is 18.2 Å². The fourth-order valence-electron chi connectivity index (χ4n) is 5.80. The number of carbonyl (C=O) groups is 5. The van der Waals surface area contributed by atoms with E-state index >= 15 is 0 Å². The molecule has 1 saturated heterocycles. The molecule has 0 saturated carbocycles. The molecule has 0 aromatic heterocycles. The number of allylic oxidation sites excluding steroid dienone is 6. The SMILES string of the molecule is COC(=O)N1C(=O)C2CC=C3C(c4cc(Br)cc(OC)c4O)C4=C(CC3C2C1=O)C(=O)C(Br)=CC4=O.